The third-order valence-electron chi connectivity index (χ3n) is 3.06. The number of rotatable bonds is 0. The Balaban J connectivity index is 2.16. The predicted octanol–water partition coefficient (Wildman–Crippen LogP) is 1.56. The Labute approximate surface area is 80.1 Å². The fourth-order valence-corrected chi connectivity index (χ4v) is 2.00. The molecule has 13 heavy (non-hydrogen) atoms. The maximum Gasteiger partial charge on any atom is 0.0509 e. The van der Waals surface area contributed by atoms with Gasteiger partial charge in [0.2, 0.25) is 0 Å². The van der Waals surface area contributed by atoms with Crippen molar-refractivity contribution in [3.8, 4) is 0 Å². The minimum atomic E-state index is 0.524. The lowest BCUT2D eigenvalue weighted by molar-refractivity contribution is 0.332. The second-order valence-electron chi connectivity index (χ2n) is 4.28. The summed E-state index contributed by atoms with van der Waals surface area (Å²) in [5.41, 5.74) is 2.82. The van der Waals surface area contributed by atoms with Crippen molar-refractivity contribution < 1.29 is 0 Å². The van der Waals surface area contributed by atoms with Gasteiger partial charge in [0.05, 0.1) is 6.04 Å². The lowest BCUT2D eigenvalue weighted by Crippen LogP contribution is -2.57. The lowest BCUT2D eigenvalue weighted by Gasteiger charge is -2.39. The first kappa shape index (κ1) is 8.82. The van der Waals surface area contributed by atoms with Gasteiger partial charge in [-0.3, -0.25) is 0 Å². The van der Waals surface area contributed by atoms with Gasteiger partial charge in [-0.1, -0.05) is 11.6 Å². The molecule has 3 atom stereocenters. The topological polar surface area (TPSA) is 24.1 Å². The molecule has 72 valence electrons. The van der Waals surface area contributed by atoms with Crippen LogP contribution in [0.25, 0.3) is 0 Å². The summed E-state index contributed by atoms with van der Waals surface area (Å²) in [5.74, 6) is 0. The van der Waals surface area contributed by atoms with E-state index in [-0.39, 0.29) is 0 Å². The molecule has 2 rings (SSSR count). The SMILES string of the molecule is CC1=CC=C2NC(C)C(C)NC2C1. The van der Waals surface area contributed by atoms with E-state index in [0.29, 0.717) is 18.1 Å². The summed E-state index contributed by atoms with van der Waals surface area (Å²) in [6.07, 6.45) is 5.57. The van der Waals surface area contributed by atoms with Gasteiger partial charge >= 0.3 is 0 Å². The molecule has 0 saturated carbocycles. The van der Waals surface area contributed by atoms with Crippen LogP contribution in [0.2, 0.25) is 0 Å². The summed E-state index contributed by atoms with van der Waals surface area (Å²) in [7, 11) is 0. The maximum absolute atomic E-state index is 3.63. The van der Waals surface area contributed by atoms with Crippen molar-refractivity contribution in [1.82, 2.24) is 10.6 Å². The largest absolute Gasteiger partial charge is 0.383 e. The first-order chi connectivity index (χ1) is 6.16. The van der Waals surface area contributed by atoms with Crippen molar-refractivity contribution in [3.05, 3.63) is 23.4 Å². The van der Waals surface area contributed by atoms with E-state index in [1.54, 1.807) is 0 Å². The van der Waals surface area contributed by atoms with Crippen LogP contribution in [0.15, 0.2) is 23.4 Å². The number of nitrogens with one attached hydrogen (secondary N) is 2. The summed E-state index contributed by atoms with van der Waals surface area (Å²) >= 11 is 0. The second kappa shape index (κ2) is 3.18. The van der Waals surface area contributed by atoms with Crippen molar-refractivity contribution in [2.24, 2.45) is 0 Å². The fourth-order valence-electron chi connectivity index (χ4n) is 2.00. The average Bonchev–Trinajstić information content (AvgIpc) is 2.08. The van der Waals surface area contributed by atoms with Gasteiger partial charge in [0.25, 0.3) is 0 Å². The van der Waals surface area contributed by atoms with E-state index in [0.717, 1.165) is 6.42 Å². The molecular formula is C11H18N2. The van der Waals surface area contributed by atoms with Crippen molar-refractivity contribution in [3.63, 3.8) is 0 Å². The molecule has 1 aliphatic heterocycles. The maximum atomic E-state index is 3.63. The van der Waals surface area contributed by atoms with Crippen LogP contribution >= 0.6 is 0 Å². The van der Waals surface area contributed by atoms with Gasteiger partial charge in [-0.2, -0.15) is 0 Å². The van der Waals surface area contributed by atoms with Crippen LogP contribution in [0, 0.1) is 0 Å². The Bertz CT molecular complexity index is 265. The molecule has 0 amide bonds. The van der Waals surface area contributed by atoms with Crippen LogP contribution < -0.4 is 10.6 Å². The number of piperazine rings is 1. The number of hydrogen-bond acceptors (Lipinski definition) is 2. The van der Waals surface area contributed by atoms with Crippen LogP contribution in [-0.2, 0) is 0 Å². The highest BCUT2D eigenvalue weighted by molar-refractivity contribution is 5.29. The zero-order chi connectivity index (χ0) is 9.42. The monoisotopic (exact) mass is 178 g/mol. The minimum absolute atomic E-state index is 0.524. The lowest BCUT2D eigenvalue weighted by atomic mass is 9.93. The highest BCUT2D eigenvalue weighted by atomic mass is 15.1. The summed E-state index contributed by atoms with van der Waals surface area (Å²) in [6.45, 7) is 6.65. The molecular weight excluding hydrogens is 160 g/mol. The highest BCUT2D eigenvalue weighted by Crippen LogP contribution is 2.21. The van der Waals surface area contributed by atoms with E-state index in [2.05, 4.69) is 43.6 Å². The summed E-state index contributed by atoms with van der Waals surface area (Å²) in [4.78, 5) is 0. The van der Waals surface area contributed by atoms with Gasteiger partial charge in [-0.15, -0.1) is 0 Å². The highest BCUT2D eigenvalue weighted by Gasteiger charge is 2.27. The molecule has 0 radical (unpaired) electrons. The van der Waals surface area contributed by atoms with E-state index < -0.39 is 0 Å². The van der Waals surface area contributed by atoms with E-state index in [1.165, 1.54) is 11.3 Å². The molecule has 2 N–H and O–H groups in total. The molecule has 2 heteroatoms. The summed E-state index contributed by atoms with van der Waals surface area (Å²) < 4.78 is 0. The quantitative estimate of drug-likeness (QED) is 0.588. The van der Waals surface area contributed by atoms with Crippen LogP contribution in [0.4, 0.5) is 0 Å². The molecule has 0 aromatic rings. The van der Waals surface area contributed by atoms with Gasteiger partial charge in [-0.25, -0.2) is 0 Å². The standard InChI is InChI=1S/C11H18N2/c1-7-4-5-10-11(6-7)13-9(3)8(2)12-10/h4-5,8-9,11-13H,6H2,1-3H3. The van der Waals surface area contributed by atoms with E-state index in [1.807, 2.05) is 0 Å². The molecule has 0 aromatic heterocycles. The second-order valence-corrected chi connectivity index (χ2v) is 4.28. The van der Waals surface area contributed by atoms with E-state index >= 15 is 0 Å². The summed E-state index contributed by atoms with van der Waals surface area (Å²) in [6, 6.07) is 1.62. The Kier molecular flexibility index (Phi) is 2.16. The molecule has 1 heterocycles. The van der Waals surface area contributed by atoms with Gasteiger partial charge in [0.1, 0.15) is 0 Å². The Hall–Kier alpha value is -0.760. The third-order valence-corrected chi connectivity index (χ3v) is 3.06. The molecule has 0 spiro atoms. The zero-order valence-electron chi connectivity index (χ0n) is 8.59. The van der Waals surface area contributed by atoms with Gasteiger partial charge in [0, 0.05) is 17.8 Å². The summed E-state index contributed by atoms with van der Waals surface area (Å²) in [5, 5.41) is 7.17. The van der Waals surface area contributed by atoms with Crippen LogP contribution in [0.1, 0.15) is 27.2 Å². The Morgan fingerprint density at radius 1 is 1.23 bits per heavy atom. The molecule has 2 aliphatic rings. The molecule has 1 saturated heterocycles. The third kappa shape index (κ3) is 1.63. The zero-order valence-corrected chi connectivity index (χ0v) is 8.59. The van der Waals surface area contributed by atoms with E-state index in [9.17, 15) is 0 Å². The van der Waals surface area contributed by atoms with Crippen molar-refractivity contribution in [2.45, 2.75) is 45.3 Å². The average molecular weight is 178 g/mol. The van der Waals surface area contributed by atoms with Gasteiger partial charge in [-0.05, 0) is 33.3 Å². The van der Waals surface area contributed by atoms with Crippen molar-refractivity contribution >= 4 is 0 Å². The molecule has 3 unspecified atom stereocenters. The van der Waals surface area contributed by atoms with Crippen molar-refractivity contribution in [1.29, 1.82) is 0 Å². The first-order valence-electron chi connectivity index (χ1n) is 5.07. The van der Waals surface area contributed by atoms with Gasteiger partial charge < -0.3 is 10.6 Å². The Morgan fingerprint density at radius 3 is 2.77 bits per heavy atom. The Morgan fingerprint density at radius 2 is 2.00 bits per heavy atom. The smallest absolute Gasteiger partial charge is 0.0509 e. The molecule has 2 nitrogen and oxygen atoms in total. The fraction of sp³-hybridized carbons (Fsp3) is 0.636. The minimum Gasteiger partial charge on any atom is -0.383 e. The molecule has 0 bridgehead atoms. The number of hydrogen-bond donors (Lipinski definition) is 2. The van der Waals surface area contributed by atoms with Gasteiger partial charge in [0.15, 0.2) is 0 Å². The van der Waals surface area contributed by atoms with E-state index in [4.69, 9.17) is 0 Å². The molecule has 0 aromatic carbocycles. The predicted molar refractivity (Wildman–Crippen MR) is 55.4 cm³/mol. The van der Waals surface area contributed by atoms with Crippen LogP contribution in [0.5, 0.6) is 0 Å². The van der Waals surface area contributed by atoms with Crippen molar-refractivity contribution in [2.75, 3.05) is 0 Å². The normalized spacial score (nSPS) is 38.5. The number of allylic oxidation sites excluding steroid dienone is 2. The first-order valence-corrected chi connectivity index (χ1v) is 5.07. The van der Waals surface area contributed by atoms with Crippen LogP contribution in [0.3, 0.4) is 0 Å². The van der Waals surface area contributed by atoms with Crippen LogP contribution in [-0.4, -0.2) is 18.1 Å². The molecule has 1 fully saturated rings. The molecule has 1 aliphatic carbocycles. The number of fused-ring (bicyclic) bond motifs is 1.